The van der Waals surface area contributed by atoms with Crippen molar-refractivity contribution >= 4 is 29.3 Å². The van der Waals surface area contributed by atoms with Crippen LogP contribution in [0.5, 0.6) is 5.88 Å². The number of nitrogens with zero attached hydrogens (tertiary/aromatic N) is 3. The minimum absolute atomic E-state index is 0.0584. The summed E-state index contributed by atoms with van der Waals surface area (Å²) in [4.78, 5) is 28.1. The number of aromatic nitrogens is 3. The monoisotopic (exact) mass is 541 g/mol. The molecule has 1 aliphatic rings. The molecule has 1 amide bonds. The SMILES string of the molecule is COC(=O)C1CCC(Oc2ccc(NC(=O)c3nnc(Nc4cc(C(F)(F)F)c(F)cc4F)o3)cn2)CC1. The van der Waals surface area contributed by atoms with Crippen LogP contribution in [0, 0.1) is 17.6 Å². The molecule has 0 spiro atoms. The Morgan fingerprint density at radius 3 is 2.42 bits per heavy atom. The molecule has 2 N–H and O–H groups in total. The molecule has 1 fully saturated rings. The fraction of sp³-hybridized carbons (Fsp3) is 0.348. The number of halogens is 5. The zero-order chi connectivity index (χ0) is 27.4. The molecule has 0 radical (unpaired) electrons. The number of benzene rings is 1. The molecule has 0 bridgehead atoms. The maximum Gasteiger partial charge on any atom is 0.419 e. The average molecular weight is 541 g/mol. The van der Waals surface area contributed by atoms with Gasteiger partial charge in [0.05, 0.1) is 36.2 Å². The van der Waals surface area contributed by atoms with Crippen molar-refractivity contribution in [2.45, 2.75) is 38.0 Å². The third-order valence-electron chi connectivity index (χ3n) is 5.71. The van der Waals surface area contributed by atoms with Gasteiger partial charge >= 0.3 is 30.0 Å². The number of ether oxygens (including phenoxy) is 2. The lowest BCUT2D eigenvalue weighted by Gasteiger charge is -2.27. The van der Waals surface area contributed by atoms with Crippen LogP contribution < -0.4 is 15.4 Å². The molecule has 15 heteroatoms. The maximum atomic E-state index is 13.9. The molecule has 4 rings (SSSR count). The van der Waals surface area contributed by atoms with Crippen molar-refractivity contribution in [2.24, 2.45) is 5.92 Å². The topological polar surface area (TPSA) is 128 Å². The number of pyridine rings is 1. The second kappa shape index (κ2) is 11.0. The Kier molecular flexibility index (Phi) is 7.73. The quantitative estimate of drug-likeness (QED) is 0.318. The van der Waals surface area contributed by atoms with E-state index < -0.39 is 46.9 Å². The fourth-order valence-corrected chi connectivity index (χ4v) is 3.81. The zero-order valence-electron chi connectivity index (χ0n) is 19.6. The second-order valence-corrected chi connectivity index (χ2v) is 8.30. The lowest BCUT2D eigenvalue weighted by atomic mass is 9.87. The number of rotatable bonds is 7. The summed E-state index contributed by atoms with van der Waals surface area (Å²) in [5.41, 5.74) is -2.25. The minimum Gasteiger partial charge on any atom is -0.474 e. The Morgan fingerprint density at radius 1 is 1.05 bits per heavy atom. The lowest BCUT2D eigenvalue weighted by molar-refractivity contribution is -0.147. The third kappa shape index (κ3) is 6.33. The first kappa shape index (κ1) is 26.8. The van der Waals surface area contributed by atoms with Crippen LogP contribution in [0.1, 0.15) is 41.9 Å². The van der Waals surface area contributed by atoms with Crippen LogP contribution in [-0.4, -0.2) is 40.3 Å². The Bertz CT molecular complexity index is 1310. The van der Waals surface area contributed by atoms with Crippen molar-refractivity contribution in [3.8, 4) is 5.88 Å². The van der Waals surface area contributed by atoms with Gasteiger partial charge in [0.2, 0.25) is 5.88 Å². The summed E-state index contributed by atoms with van der Waals surface area (Å²) in [6, 6.07) is 2.69. The number of methoxy groups -OCH3 is 1. The molecule has 38 heavy (non-hydrogen) atoms. The van der Waals surface area contributed by atoms with Crippen molar-refractivity contribution in [2.75, 3.05) is 17.7 Å². The number of carbonyl (C=O) groups excluding carboxylic acids is 2. The van der Waals surface area contributed by atoms with Crippen LogP contribution in [0.4, 0.5) is 39.3 Å². The third-order valence-corrected chi connectivity index (χ3v) is 5.71. The normalized spacial score (nSPS) is 17.5. The largest absolute Gasteiger partial charge is 0.474 e. The van der Waals surface area contributed by atoms with Gasteiger partial charge in [-0.1, -0.05) is 5.10 Å². The highest BCUT2D eigenvalue weighted by Crippen LogP contribution is 2.35. The Hall–Kier alpha value is -4.30. The van der Waals surface area contributed by atoms with Gasteiger partial charge in [0, 0.05) is 12.1 Å². The van der Waals surface area contributed by atoms with E-state index in [4.69, 9.17) is 13.9 Å². The first-order valence-electron chi connectivity index (χ1n) is 11.2. The molecule has 0 aliphatic heterocycles. The number of alkyl halides is 3. The molecule has 0 atom stereocenters. The van der Waals surface area contributed by atoms with Crippen LogP contribution in [0.25, 0.3) is 0 Å². The molecule has 1 aromatic carbocycles. The molecular formula is C23H20F5N5O5. The van der Waals surface area contributed by atoms with E-state index in [0.29, 0.717) is 31.6 Å². The highest BCUT2D eigenvalue weighted by Gasteiger charge is 2.35. The first-order chi connectivity index (χ1) is 18.0. The molecule has 0 saturated heterocycles. The van der Waals surface area contributed by atoms with Crippen molar-refractivity contribution in [1.29, 1.82) is 0 Å². The molecular weight excluding hydrogens is 521 g/mol. The van der Waals surface area contributed by atoms with E-state index in [0.717, 1.165) is 0 Å². The van der Waals surface area contributed by atoms with Crippen molar-refractivity contribution < 1.29 is 45.4 Å². The van der Waals surface area contributed by atoms with Gasteiger partial charge < -0.3 is 24.5 Å². The van der Waals surface area contributed by atoms with Gasteiger partial charge in [0.15, 0.2) is 0 Å². The maximum absolute atomic E-state index is 13.9. The number of anilines is 3. The van der Waals surface area contributed by atoms with Crippen molar-refractivity contribution in [3.05, 3.63) is 53.6 Å². The van der Waals surface area contributed by atoms with Gasteiger partial charge in [0.1, 0.15) is 17.7 Å². The van der Waals surface area contributed by atoms with Gasteiger partial charge in [-0.15, -0.1) is 5.10 Å². The van der Waals surface area contributed by atoms with E-state index in [2.05, 4.69) is 25.8 Å². The molecule has 0 unspecified atom stereocenters. The highest BCUT2D eigenvalue weighted by molar-refractivity contribution is 6.00. The summed E-state index contributed by atoms with van der Waals surface area (Å²) in [6.07, 6.45) is -1.26. The summed E-state index contributed by atoms with van der Waals surface area (Å²) in [5, 5.41) is 11.4. The van der Waals surface area contributed by atoms with E-state index in [1.165, 1.54) is 25.4 Å². The number of amides is 1. The van der Waals surface area contributed by atoms with Gasteiger partial charge in [0.25, 0.3) is 0 Å². The lowest BCUT2D eigenvalue weighted by Crippen LogP contribution is -2.28. The van der Waals surface area contributed by atoms with E-state index in [-0.39, 0.29) is 35.8 Å². The number of hydrogen-bond donors (Lipinski definition) is 2. The summed E-state index contributed by atoms with van der Waals surface area (Å²) in [7, 11) is 1.36. The predicted molar refractivity (Wildman–Crippen MR) is 120 cm³/mol. The number of nitrogens with one attached hydrogen (secondary N) is 2. The number of esters is 1. The van der Waals surface area contributed by atoms with Crippen molar-refractivity contribution in [3.63, 3.8) is 0 Å². The van der Waals surface area contributed by atoms with Crippen LogP contribution in [0.15, 0.2) is 34.9 Å². The van der Waals surface area contributed by atoms with E-state index >= 15 is 0 Å². The van der Waals surface area contributed by atoms with Gasteiger partial charge in [-0.2, -0.15) is 13.2 Å². The fourth-order valence-electron chi connectivity index (χ4n) is 3.81. The smallest absolute Gasteiger partial charge is 0.419 e. The molecule has 2 aromatic heterocycles. The first-order valence-corrected chi connectivity index (χ1v) is 11.2. The number of carbonyl (C=O) groups is 2. The molecule has 202 valence electrons. The summed E-state index contributed by atoms with van der Waals surface area (Å²) < 4.78 is 81.7. The minimum atomic E-state index is -5.06. The van der Waals surface area contributed by atoms with Crippen LogP contribution in [0.2, 0.25) is 0 Å². The molecule has 10 nitrogen and oxygen atoms in total. The van der Waals surface area contributed by atoms with Crippen LogP contribution in [0.3, 0.4) is 0 Å². The summed E-state index contributed by atoms with van der Waals surface area (Å²) in [6.45, 7) is 0. The van der Waals surface area contributed by atoms with Gasteiger partial charge in [-0.05, 0) is 37.8 Å². The summed E-state index contributed by atoms with van der Waals surface area (Å²) >= 11 is 0. The molecule has 3 aromatic rings. The molecule has 2 heterocycles. The molecule has 1 saturated carbocycles. The number of hydrogen-bond acceptors (Lipinski definition) is 9. The Morgan fingerprint density at radius 2 is 1.79 bits per heavy atom. The Balaban J connectivity index is 1.33. The van der Waals surface area contributed by atoms with Crippen LogP contribution >= 0.6 is 0 Å². The van der Waals surface area contributed by atoms with E-state index in [1.807, 2.05) is 0 Å². The zero-order valence-corrected chi connectivity index (χ0v) is 19.6. The van der Waals surface area contributed by atoms with Gasteiger partial charge in [-0.3, -0.25) is 9.59 Å². The second-order valence-electron chi connectivity index (χ2n) is 8.30. The van der Waals surface area contributed by atoms with E-state index in [1.54, 1.807) is 0 Å². The van der Waals surface area contributed by atoms with Gasteiger partial charge in [-0.25, -0.2) is 13.8 Å². The van der Waals surface area contributed by atoms with E-state index in [9.17, 15) is 31.5 Å². The predicted octanol–water partition coefficient (Wildman–Crippen LogP) is 4.87. The molecule has 1 aliphatic carbocycles. The van der Waals surface area contributed by atoms with Crippen LogP contribution in [-0.2, 0) is 15.7 Å². The Labute approximate surface area is 211 Å². The van der Waals surface area contributed by atoms with Crippen molar-refractivity contribution in [1.82, 2.24) is 15.2 Å². The standard InChI is InChI=1S/C23H20F5N5O5/c1-36-21(35)11-2-5-13(6-3-11)37-18-7-4-12(10-29-18)30-19(34)20-32-33-22(38-20)31-17-8-14(23(26,27)28)15(24)9-16(17)25/h4,7-11,13H,2-3,5-6H2,1H3,(H,30,34)(H,31,33). The summed E-state index contributed by atoms with van der Waals surface area (Å²) in [5.74, 6) is -4.66. The average Bonchev–Trinajstić information content (AvgIpc) is 3.35. The highest BCUT2D eigenvalue weighted by atomic mass is 19.4.